The fourth-order valence-corrected chi connectivity index (χ4v) is 11.1. The molecule has 0 bridgehead atoms. The summed E-state index contributed by atoms with van der Waals surface area (Å²) >= 11 is 1.97. The average molecular weight is 449 g/mol. The van der Waals surface area contributed by atoms with Crippen molar-refractivity contribution in [2.24, 2.45) is 45.3 Å². The zero-order chi connectivity index (χ0) is 23.1. The Morgan fingerprint density at radius 3 is 2.72 bits per heavy atom. The van der Waals surface area contributed by atoms with Gasteiger partial charge in [0, 0.05) is 23.2 Å². The molecule has 0 amide bonds. The van der Waals surface area contributed by atoms with E-state index in [1.165, 1.54) is 43.4 Å². The lowest BCUT2D eigenvalue weighted by molar-refractivity contribution is -0.268. The molecule has 0 aromatic heterocycles. The van der Waals surface area contributed by atoms with E-state index in [2.05, 4.69) is 60.1 Å². The van der Waals surface area contributed by atoms with Gasteiger partial charge in [0.25, 0.3) is 0 Å². The molecule has 3 saturated carbocycles. The minimum atomic E-state index is 0.240. The van der Waals surface area contributed by atoms with Crippen molar-refractivity contribution in [2.75, 3.05) is 5.75 Å². The van der Waals surface area contributed by atoms with E-state index in [0.717, 1.165) is 30.4 Å². The van der Waals surface area contributed by atoms with Crippen molar-refractivity contribution in [1.82, 2.24) is 0 Å². The first-order valence-corrected chi connectivity index (χ1v) is 14.3. The maximum atomic E-state index is 6.12. The van der Waals surface area contributed by atoms with Gasteiger partial charge in [0.1, 0.15) is 0 Å². The van der Waals surface area contributed by atoms with Crippen LogP contribution < -0.4 is 0 Å². The van der Waals surface area contributed by atoms with Crippen LogP contribution in [0.15, 0.2) is 34.3 Å². The third-order valence-electron chi connectivity index (χ3n) is 11.5. The summed E-state index contributed by atoms with van der Waals surface area (Å²) in [7, 11) is 0. The molecule has 0 aliphatic heterocycles. The van der Waals surface area contributed by atoms with Crippen LogP contribution >= 0.6 is 11.8 Å². The van der Waals surface area contributed by atoms with E-state index in [1.54, 1.807) is 5.57 Å². The quantitative estimate of drug-likeness (QED) is 0.289. The highest BCUT2D eigenvalue weighted by molar-refractivity contribution is 8.03. The molecule has 5 rings (SSSR count). The van der Waals surface area contributed by atoms with Gasteiger partial charge in [-0.3, -0.25) is 0 Å². The van der Waals surface area contributed by atoms with Crippen molar-refractivity contribution < 1.29 is 0 Å². The Kier molecular flexibility index (Phi) is 5.23. The van der Waals surface area contributed by atoms with Gasteiger partial charge < -0.3 is 0 Å². The van der Waals surface area contributed by atoms with Crippen molar-refractivity contribution >= 4 is 11.8 Å². The predicted octanol–water partition coefficient (Wildman–Crippen LogP) is 8.81. The summed E-state index contributed by atoms with van der Waals surface area (Å²) in [5, 5.41) is 0. The molecule has 0 nitrogen and oxygen atoms in total. The van der Waals surface area contributed by atoms with Gasteiger partial charge in [0.15, 0.2) is 0 Å². The van der Waals surface area contributed by atoms with Crippen LogP contribution in [-0.2, 0) is 0 Å². The van der Waals surface area contributed by atoms with Gasteiger partial charge in [-0.1, -0.05) is 76.8 Å². The van der Waals surface area contributed by atoms with E-state index in [4.69, 9.17) is 6.42 Å². The van der Waals surface area contributed by atoms with Crippen molar-refractivity contribution in [3.05, 3.63) is 34.3 Å². The van der Waals surface area contributed by atoms with Crippen LogP contribution in [0.25, 0.3) is 0 Å². The first-order valence-electron chi connectivity index (χ1n) is 13.4. The molecule has 0 heterocycles. The molecule has 0 aromatic carbocycles. The summed E-state index contributed by atoms with van der Waals surface area (Å²) in [5.74, 6) is 7.24. The zero-order valence-corrected chi connectivity index (χ0v) is 22.3. The molecule has 0 aromatic rings. The molecule has 174 valence electrons. The minimum absolute atomic E-state index is 0.240. The molecule has 3 fully saturated rings. The van der Waals surface area contributed by atoms with Gasteiger partial charge >= 0.3 is 0 Å². The van der Waals surface area contributed by atoms with Crippen molar-refractivity contribution in [2.45, 2.75) is 92.9 Å². The molecule has 5 aliphatic rings. The Labute approximate surface area is 202 Å². The van der Waals surface area contributed by atoms with Gasteiger partial charge in [-0.25, -0.2) is 0 Å². The second-order valence-electron chi connectivity index (χ2n) is 12.4. The van der Waals surface area contributed by atoms with Crippen LogP contribution in [0.1, 0.15) is 92.9 Å². The maximum Gasteiger partial charge on any atom is 0.0194 e. The Bertz CT molecular complexity index is 944. The molecule has 0 radical (unpaired) electrons. The van der Waals surface area contributed by atoms with Gasteiger partial charge in [0.2, 0.25) is 0 Å². The van der Waals surface area contributed by atoms with E-state index in [1.807, 2.05) is 22.9 Å². The molecule has 32 heavy (non-hydrogen) atoms. The highest BCUT2D eigenvalue weighted by Crippen LogP contribution is 2.92. The number of rotatable bonds is 6. The Morgan fingerprint density at radius 2 is 2.06 bits per heavy atom. The lowest BCUT2D eigenvalue weighted by Gasteiger charge is -2.80. The highest BCUT2D eigenvalue weighted by Gasteiger charge is 2.85. The van der Waals surface area contributed by atoms with E-state index in [9.17, 15) is 0 Å². The number of hydrogen-bond acceptors (Lipinski definition) is 1. The monoisotopic (exact) mass is 448 g/mol. The summed E-state index contributed by atoms with van der Waals surface area (Å²) in [6.45, 7) is 19.5. The van der Waals surface area contributed by atoms with Gasteiger partial charge in [-0.15, -0.1) is 24.1 Å². The summed E-state index contributed by atoms with van der Waals surface area (Å²) in [6, 6.07) is 0. The predicted molar refractivity (Wildman–Crippen MR) is 140 cm³/mol. The molecule has 0 saturated heterocycles. The fraction of sp³-hybridized carbons (Fsp3) is 0.742. The Hall–Kier alpha value is -0.870. The SMILES string of the molecule is C#CCC12C[C@]34CCC(C)CC(CC)C35C=C5C(CC(=C)SCC)C(=C(C)CC1C)C24C. The van der Waals surface area contributed by atoms with Crippen LogP contribution in [-0.4, -0.2) is 5.75 Å². The highest BCUT2D eigenvalue weighted by atomic mass is 32.2. The summed E-state index contributed by atoms with van der Waals surface area (Å²) < 4.78 is 0. The van der Waals surface area contributed by atoms with Crippen LogP contribution in [0.5, 0.6) is 0 Å². The largest absolute Gasteiger partial charge is 0.131 e. The van der Waals surface area contributed by atoms with Crippen LogP contribution in [0.2, 0.25) is 0 Å². The standard InChI is InChI=1S/C31H44S/c1-9-13-29-19-30-14-12-20(4)15-24(10-2)31(30)18-26(31)25(17-23(7)32-11-3)27(28(29,30)8)21(5)16-22(29)6/h1,18,20,22,24-25H,7,10-17,19H2,2-6,8H3/t20?,22?,24?,25?,28?,29?,30-,31?/m0/s1. The van der Waals surface area contributed by atoms with Crippen LogP contribution in [0.4, 0.5) is 0 Å². The molecule has 8 atom stereocenters. The summed E-state index contributed by atoms with van der Waals surface area (Å²) in [4.78, 5) is 1.38. The second kappa shape index (κ2) is 7.31. The Balaban J connectivity index is 1.73. The van der Waals surface area contributed by atoms with E-state index in [-0.39, 0.29) is 10.8 Å². The summed E-state index contributed by atoms with van der Waals surface area (Å²) in [6.07, 6.45) is 19.1. The molecular weight excluding hydrogens is 404 g/mol. The summed E-state index contributed by atoms with van der Waals surface area (Å²) in [5.41, 5.74) is 6.63. The van der Waals surface area contributed by atoms with Crippen molar-refractivity contribution in [3.8, 4) is 12.3 Å². The third kappa shape index (κ3) is 2.39. The van der Waals surface area contributed by atoms with E-state index >= 15 is 0 Å². The average Bonchev–Trinajstić information content (AvgIpc) is 3.50. The fourth-order valence-electron chi connectivity index (χ4n) is 10.4. The van der Waals surface area contributed by atoms with Gasteiger partial charge in [-0.2, -0.15) is 0 Å². The number of thioether (sulfide) groups is 1. The van der Waals surface area contributed by atoms with Crippen molar-refractivity contribution in [1.29, 1.82) is 0 Å². The van der Waals surface area contributed by atoms with Gasteiger partial charge in [0.05, 0.1) is 0 Å². The van der Waals surface area contributed by atoms with E-state index in [0.29, 0.717) is 22.7 Å². The first kappa shape index (κ1) is 22.9. The molecule has 7 unspecified atom stereocenters. The molecule has 0 N–H and O–H groups in total. The first-order chi connectivity index (χ1) is 15.2. The third-order valence-corrected chi connectivity index (χ3v) is 12.4. The lowest BCUT2D eigenvalue weighted by atomic mass is 9.22. The molecular formula is C31H44S. The molecule has 1 heteroatoms. The van der Waals surface area contributed by atoms with Crippen LogP contribution in [0, 0.1) is 57.7 Å². The second-order valence-corrected chi connectivity index (χ2v) is 13.8. The number of terminal acetylenes is 1. The molecule has 5 aliphatic carbocycles. The smallest absolute Gasteiger partial charge is 0.0194 e. The van der Waals surface area contributed by atoms with Gasteiger partial charge in [-0.05, 0) is 78.3 Å². The topological polar surface area (TPSA) is 0 Å². The van der Waals surface area contributed by atoms with E-state index < -0.39 is 0 Å². The number of hydrogen-bond donors (Lipinski definition) is 0. The van der Waals surface area contributed by atoms with Crippen molar-refractivity contribution in [3.63, 3.8) is 0 Å². The lowest BCUT2D eigenvalue weighted by Crippen LogP contribution is -2.75. The zero-order valence-electron chi connectivity index (χ0n) is 21.4. The molecule has 2 spiro atoms. The normalized spacial score (nSPS) is 48.3. The van der Waals surface area contributed by atoms with Crippen LogP contribution in [0.3, 0.4) is 0 Å². The maximum absolute atomic E-state index is 6.12. The Morgan fingerprint density at radius 1 is 1.31 bits per heavy atom. The minimum Gasteiger partial charge on any atom is -0.131 e. The number of allylic oxidation sites excluding steroid dienone is 5.